The highest BCUT2D eigenvalue weighted by atomic mass is 32.1. The smallest absolute Gasteiger partial charge is 0.267 e. The van der Waals surface area contributed by atoms with Gasteiger partial charge in [-0.15, -0.1) is 0 Å². The Kier molecular flexibility index (Phi) is 7.43. The minimum absolute atomic E-state index is 0.266. The maximum atomic E-state index is 12.0. The third-order valence-electron chi connectivity index (χ3n) is 5.42. The van der Waals surface area contributed by atoms with E-state index in [0.29, 0.717) is 20.7 Å². The molecule has 0 fully saturated rings. The molecule has 38 heavy (non-hydrogen) atoms. The Morgan fingerprint density at radius 3 is 1.34 bits per heavy atom. The van der Waals surface area contributed by atoms with Gasteiger partial charge in [-0.05, 0) is 85.4 Å². The molecule has 188 valence electrons. The first-order valence-corrected chi connectivity index (χ1v) is 13.2. The van der Waals surface area contributed by atoms with E-state index >= 15 is 0 Å². The molecule has 0 unspecified atom stereocenters. The topological polar surface area (TPSA) is 93.5 Å². The third kappa shape index (κ3) is 5.72. The highest BCUT2D eigenvalue weighted by molar-refractivity contribution is 7.04. The lowest BCUT2D eigenvalue weighted by atomic mass is 10.2. The lowest BCUT2D eigenvalue weighted by molar-refractivity contribution is 0.0990. The van der Waals surface area contributed by atoms with Crippen LogP contribution in [0.1, 0.15) is 32.1 Å². The molecule has 8 nitrogen and oxygen atoms in total. The number of aryl methyl sites for hydroxylation is 2. The zero-order valence-corrected chi connectivity index (χ0v) is 22.2. The molecule has 4 aromatic heterocycles. The second-order valence-electron chi connectivity index (χ2n) is 8.18. The monoisotopic (exact) mass is 538 g/mol. The highest BCUT2D eigenvalue weighted by Crippen LogP contribution is 2.07. The summed E-state index contributed by atoms with van der Waals surface area (Å²) in [4.78, 5) is 41.7. The van der Waals surface area contributed by atoms with Crippen LogP contribution in [0, 0.1) is 13.8 Å². The van der Waals surface area contributed by atoms with Crippen LogP contribution in [0.2, 0.25) is 0 Å². The number of fused-ring (bicyclic) bond motifs is 2. The number of pyridine rings is 2. The Labute approximate surface area is 225 Å². The van der Waals surface area contributed by atoms with Gasteiger partial charge in [-0.1, -0.05) is 48.5 Å². The van der Waals surface area contributed by atoms with Gasteiger partial charge < -0.3 is 0 Å². The number of aromatic nitrogens is 4. The van der Waals surface area contributed by atoms with Gasteiger partial charge in [0.15, 0.2) is 0 Å². The van der Waals surface area contributed by atoms with Crippen LogP contribution < -0.4 is 9.60 Å². The number of hydrogen-bond donors (Lipinski definition) is 0. The maximum Gasteiger partial charge on any atom is 0.279 e. The van der Waals surface area contributed by atoms with E-state index in [1.807, 2.05) is 94.2 Å². The molecule has 6 aromatic rings. The molecule has 0 aliphatic heterocycles. The molecule has 0 aliphatic carbocycles. The van der Waals surface area contributed by atoms with Gasteiger partial charge >= 0.3 is 0 Å². The molecule has 6 rings (SSSR count). The predicted octanol–water partition coefficient (Wildman–Crippen LogP) is 4.89. The summed E-state index contributed by atoms with van der Waals surface area (Å²) >= 11 is 2.73. The zero-order chi connectivity index (χ0) is 26.5. The van der Waals surface area contributed by atoms with Crippen LogP contribution in [-0.2, 0) is 0 Å². The van der Waals surface area contributed by atoms with Crippen molar-refractivity contribution in [3.05, 3.63) is 129 Å². The summed E-state index contributed by atoms with van der Waals surface area (Å²) in [6, 6.07) is 29.7. The Bertz CT molecular complexity index is 1740. The quantitative estimate of drug-likeness (QED) is 0.314. The van der Waals surface area contributed by atoms with E-state index in [1.54, 1.807) is 24.3 Å². The number of amides is 2. The predicted molar refractivity (Wildman–Crippen MR) is 148 cm³/mol. The van der Waals surface area contributed by atoms with E-state index in [0.717, 1.165) is 22.7 Å². The summed E-state index contributed by atoms with van der Waals surface area (Å²) in [6.07, 6.45) is 0. The minimum Gasteiger partial charge on any atom is -0.267 e. The van der Waals surface area contributed by atoms with E-state index < -0.39 is 0 Å². The first-order chi connectivity index (χ1) is 18.5. The summed E-state index contributed by atoms with van der Waals surface area (Å²) in [5.74, 6) is -0.532. The number of benzene rings is 2. The van der Waals surface area contributed by atoms with Crippen molar-refractivity contribution in [1.29, 1.82) is 0 Å². The number of hydrogen-bond acceptors (Lipinski definition) is 6. The van der Waals surface area contributed by atoms with Crippen molar-refractivity contribution in [3.8, 4) is 0 Å². The van der Waals surface area contributed by atoms with Gasteiger partial charge in [0.25, 0.3) is 11.8 Å². The van der Waals surface area contributed by atoms with Crippen LogP contribution >= 0.6 is 23.1 Å². The van der Waals surface area contributed by atoms with Gasteiger partial charge in [-0.2, -0.15) is 20.0 Å². The molecule has 0 spiro atoms. The number of nitrogens with zero attached hydrogens (tertiary/aromatic N) is 6. The molecule has 10 heteroatoms. The first-order valence-electron chi connectivity index (χ1n) is 11.7. The van der Waals surface area contributed by atoms with Crippen LogP contribution in [0.25, 0.3) is 11.3 Å². The zero-order valence-electron chi connectivity index (χ0n) is 20.6. The molecule has 2 amide bonds. The van der Waals surface area contributed by atoms with Gasteiger partial charge in [-0.25, -0.2) is 0 Å². The van der Waals surface area contributed by atoms with Crippen molar-refractivity contribution in [1.82, 2.24) is 17.5 Å². The molecule has 0 bridgehead atoms. The number of carbonyl (C=O) groups excluding carboxylic acids is 2. The molecule has 0 atom stereocenters. The van der Waals surface area contributed by atoms with Gasteiger partial charge in [0.05, 0.1) is 0 Å². The Morgan fingerprint density at radius 2 is 0.974 bits per heavy atom. The average Bonchev–Trinajstić information content (AvgIpc) is 3.55. The van der Waals surface area contributed by atoms with Crippen molar-refractivity contribution in [3.63, 3.8) is 0 Å². The molecule has 0 radical (unpaired) electrons. The number of carbonyl (C=O) groups is 2. The maximum absolute atomic E-state index is 12.0. The van der Waals surface area contributed by atoms with Gasteiger partial charge in [0.2, 0.25) is 9.60 Å². The Morgan fingerprint density at radius 1 is 0.579 bits per heavy atom. The average molecular weight is 539 g/mol. The van der Waals surface area contributed by atoms with Crippen molar-refractivity contribution < 1.29 is 9.59 Å². The first kappa shape index (κ1) is 25.1. The fraction of sp³-hybridized carbons (Fsp3) is 0.0714. The largest absolute Gasteiger partial charge is 0.279 e. The summed E-state index contributed by atoms with van der Waals surface area (Å²) in [6.45, 7) is 3.99. The van der Waals surface area contributed by atoms with Crippen LogP contribution in [-0.4, -0.2) is 29.4 Å². The van der Waals surface area contributed by atoms with Gasteiger partial charge in [0, 0.05) is 22.5 Å². The van der Waals surface area contributed by atoms with E-state index in [-0.39, 0.29) is 11.8 Å². The lowest BCUT2D eigenvalue weighted by Gasteiger charge is -1.93. The number of rotatable bonds is 2. The van der Waals surface area contributed by atoms with E-state index in [2.05, 4.69) is 20.0 Å². The Balaban J connectivity index is 0.000000155. The lowest BCUT2D eigenvalue weighted by Crippen LogP contribution is -2.04. The minimum atomic E-state index is -0.266. The molecular formula is C28H22N6O2S2. The molecule has 0 aliphatic rings. The van der Waals surface area contributed by atoms with Crippen molar-refractivity contribution in [2.45, 2.75) is 13.8 Å². The Hall–Kier alpha value is -4.54. The van der Waals surface area contributed by atoms with E-state index in [4.69, 9.17) is 0 Å². The van der Waals surface area contributed by atoms with E-state index in [9.17, 15) is 9.59 Å². The van der Waals surface area contributed by atoms with Crippen LogP contribution in [0.15, 0.2) is 107 Å². The van der Waals surface area contributed by atoms with Crippen LogP contribution in [0.4, 0.5) is 0 Å². The second kappa shape index (κ2) is 11.2. The molecule has 0 N–H and O–H groups in total. The fourth-order valence-corrected chi connectivity index (χ4v) is 5.18. The molecule has 4 heterocycles. The van der Waals surface area contributed by atoms with Crippen molar-refractivity contribution >= 4 is 46.2 Å². The second-order valence-corrected chi connectivity index (χ2v) is 10.0. The van der Waals surface area contributed by atoms with Crippen LogP contribution in [0.3, 0.4) is 0 Å². The molecule has 2 aromatic carbocycles. The summed E-state index contributed by atoms with van der Waals surface area (Å²) in [5, 5.41) is 0. The summed E-state index contributed by atoms with van der Waals surface area (Å²) in [7, 11) is 0. The van der Waals surface area contributed by atoms with Gasteiger partial charge in [0.1, 0.15) is 11.3 Å². The fourth-order valence-electron chi connectivity index (χ4n) is 3.54. The SMILES string of the molecule is Cc1cccc2nc(=NC(=O)c3ccccc3)sn12.Cc1cccc2nc(=NC(=O)c3ccccc3)sn12. The van der Waals surface area contributed by atoms with Crippen molar-refractivity contribution in [2.75, 3.05) is 0 Å². The standard InChI is InChI=1S/2C14H11N3OS/c2*1-10-6-5-9-12-15-14(19-17(10)12)16-13(18)11-7-3-2-4-8-11/h2*2-9H,1H3. The van der Waals surface area contributed by atoms with Gasteiger partial charge in [-0.3, -0.25) is 17.2 Å². The van der Waals surface area contributed by atoms with E-state index in [1.165, 1.54) is 23.1 Å². The highest BCUT2D eigenvalue weighted by Gasteiger charge is 2.06. The summed E-state index contributed by atoms with van der Waals surface area (Å²) < 4.78 is 3.91. The summed E-state index contributed by atoms with van der Waals surface area (Å²) in [5.41, 5.74) is 4.91. The van der Waals surface area contributed by atoms with Crippen molar-refractivity contribution in [2.24, 2.45) is 9.98 Å². The third-order valence-corrected chi connectivity index (χ3v) is 7.43. The molecule has 0 saturated heterocycles. The normalized spacial score (nSPS) is 11.9. The molecule has 0 saturated carbocycles. The molecular weight excluding hydrogens is 516 g/mol. The van der Waals surface area contributed by atoms with Crippen LogP contribution in [0.5, 0.6) is 0 Å².